The van der Waals surface area contributed by atoms with Gasteiger partial charge in [-0.15, -0.1) is 0 Å². The van der Waals surface area contributed by atoms with Crippen LogP contribution in [-0.2, 0) is 19.3 Å². The molecule has 11 aromatic rings. The summed E-state index contributed by atoms with van der Waals surface area (Å²) in [6, 6.07) is 84.9. The van der Waals surface area contributed by atoms with E-state index in [1.54, 1.807) is 0 Å². The Kier molecular flexibility index (Phi) is 16.5. The molecule has 0 atom stereocenters. The second kappa shape index (κ2) is 24.6. The SMILES string of the molecule is CCCCCCc1cc(-c2ccc3c(c2)c2ccccc2n3-c2ccc(-c3cccc(C)c3)cc2)c(CCCCCC)cc1-c1ccc(N(c2ccc(-c3ccc(C)cc3)cc2)c2ccc(-c3ccc(CCC)cc3)cc2)cc1. The van der Waals surface area contributed by atoms with Crippen molar-refractivity contribution in [1.82, 2.24) is 4.57 Å². The Morgan fingerprint density at radius 3 is 1.35 bits per heavy atom. The summed E-state index contributed by atoms with van der Waals surface area (Å²) in [5, 5.41) is 2.58. The fourth-order valence-electron chi connectivity index (χ4n) is 11.9. The van der Waals surface area contributed by atoms with Crippen LogP contribution in [0.4, 0.5) is 17.1 Å². The number of aromatic nitrogens is 1. The number of hydrogen-bond acceptors (Lipinski definition) is 1. The molecular formula is C77H76N2. The first-order valence-corrected chi connectivity index (χ1v) is 29.5. The molecule has 394 valence electrons. The molecule has 0 saturated heterocycles. The quantitative estimate of drug-likeness (QED) is 0.0651. The van der Waals surface area contributed by atoms with Gasteiger partial charge >= 0.3 is 0 Å². The van der Waals surface area contributed by atoms with E-state index in [1.807, 2.05) is 0 Å². The number of hydrogen-bond donors (Lipinski definition) is 0. The van der Waals surface area contributed by atoms with Crippen LogP contribution < -0.4 is 4.90 Å². The van der Waals surface area contributed by atoms with Gasteiger partial charge in [-0.1, -0.05) is 235 Å². The highest BCUT2D eigenvalue weighted by molar-refractivity contribution is 6.10. The van der Waals surface area contributed by atoms with Gasteiger partial charge in [0, 0.05) is 33.5 Å². The van der Waals surface area contributed by atoms with Gasteiger partial charge in [0.05, 0.1) is 11.0 Å². The first-order valence-electron chi connectivity index (χ1n) is 29.5. The number of para-hydroxylation sites is 1. The highest BCUT2D eigenvalue weighted by Crippen LogP contribution is 2.42. The third kappa shape index (κ3) is 11.8. The lowest BCUT2D eigenvalue weighted by atomic mass is 9.86. The summed E-state index contributed by atoms with van der Waals surface area (Å²) in [6.45, 7) is 11.2. The third-order valence-electron chi connectivity index (χ3n) is 16.3. The van der Waals surface area contributed by atoms with Crippen molar-refractivity contribution in [3.63, 3.8) is 0 Å². The molecule has 0 aliphatic rings. The summed E-state index contributed by atoms with van der Waals surface area (Å²) in [6.07, 6.45) is 14.2. The number of fused-ring (bicyclic) bond motifs is 3. The summed E-state index contributed by atoms with van der Waals surface area (Å²) in [5.41, 5.74) is 26.6. The maximum atomic E-state index is 2.59. The Bertz CT molecular complexity index is 3780. The first-order chi connectivity index (χ1) is 38.8. The summed E-state index contributed by atoms with van der Waals surface area (Å²) in [4.78, 5) is 2.42. The minimum Gasteiger partial charge on any atom is -0.311 e. The van der Waals surface area contributed by atoms with Crippen molar-refractivity contribution in [2.45, 2.75) is 112 Å². The fraction of sp³-hybridized carbons (Fsp3) is 0.221. The summed E-state index contributed by atoms with van der Waals surface area (Å²) in [7, 11) is 0. The van der Waals surface area contributed by atoms with Crippen molar-refractivity contribution >= 4 is 38.9 Å². The molecule has 0 radical (unpaired) electrons. The topological polar surface area (TPSA) is 8.17 Å². The molecule has 2 nitrogen and oxygen atoms in total. The predicted octanol–water partition coefficient (Wildman–Crippen LogP) is 22.4. The van der Waals surface area contributed by atoms with E-state index in [0.717, 1.165) is 42.7 Å². The monoisotopic (exact) mass is 1030 g/mol. The van der Waals surface area contributed by atoms with Gasteiger partial charge in [-0.25, -0.2) is 0 Å². The lowest BCUT2D eigenvalue weighted by Crippen LogP contribution is -2.10. The van der Waals surface area contributed by atoms with Crippen molar-refractivity contribution in [2.24, 2.45) is 0 Å². The molecule has 0 fully saturated rings. The van der Waals surface area contributed by atoms with Crippen LogP contribution >= 0.6 is 0 Å². The molecule has 10 aromatic carbocycles. The van der Waals surface area contributed by atoms with Crippen molar-refractivity contribution in [2.75, 3.05) is 4.90 Å². The van der Waals surface area contributed by atoms with Crippen molar-refractivity contribution in [3.05, 3.63) is 252 Å². The third-order valence-corrected chi connectivity index (χ3v) is 16.3. The predicted molar refractivity (Wildman–Crippen MR) is 342 cm³/mol. The van der Waals surface area contributed by atoms with Crippen LogP contribution in [0.2, 0.25) is 0 Å². The van der Waals surface area contributed by atoms with Crippen LogP contribution in [0.15, 0.2) is 224 Å². The summed E-state index contributed by atoms with van der Waals surface area (Å²) >= 11 is 0. The van der Waals surface area contributed by atoms with Crippen LogP contribution in [0.25, 0.3) is 83.1 Å². The molecule has 0 aliphatic heterocycles. The molecular weight excluding hydrogens is 953 g/mol. The summed E-state index contributed by atoms with van der Waals surface area (Å²) < 4.78 is 2.45. The Balaban J connectivity index is 0.978. The molecule has 1 heterocycles. The van der Waals surface area contributed by atoms with Gasteiger partial charge in [0.1, 0.15) is 0 Å². The minimum absolute atomic E-state index is 1.05. The van der Waals surface area contributed by atoms with Crippen LogP contribution in [0.5, 0.6) is 0 Å². The average molecular weight is 1030 g/mol. The molecule has 0 spiro atoms. The average Bonchev–Trinajstić information content (AvgIpc) is 4.07. The van der Waals surface area contributed by atoms with Crippen molar-refractivity contribution < 1.29 is 0 Å². The van der Waals surface area contributed by atoms with Gasteiger partial charge in [-0.3, -0.25) is 0 Å². The van der Waals surface area contributed by atoms with E-state index in [9.17, 15) is 0 Å². The second-order valence-corrected chi connectivity index (χ2v) is 22.1. The van der Waals surface area contributed by atoms with Crippen molar-refractivity contribution in [3.8, 4) is 61.3 Å². The zero-order chi connectivity index (χ0) is 54.1. The Labute approximate surface area is 471 Å². The van der Waals surface area contributed by atoms with E-state index >= 15 is 0 Å². The fourth-order valence-corrected chi connectivity index (χ4v) is 11.9. The highest BCUT2D eigenvalue weighted by atomic mass is 15.1. The molecule has 0 unspecified atom stereocenters. The maximum Gasteiger partial charge on any atom is 0.0541 e. The number of nitrogens with zero attached hydrogens (tertiary/aromatic N) is 2. The number of aryl methyl sites for hydroxylation is 5. The molecule has 2 heteroatoms. The Hall–Kier alpha value is -8.20. The smallest absolute Gasteiger partial charge is 0.0541 e. The zero-order valence-corrected chi connectivity index (χ0v) is 47.2. The molecule has 0 aliphatic carbocycles. The standard InChI is InChI=1S/C77H76N2/c1-6-9-11-13-20-65-53-74(67-41-50-77-75(54-67)72-23-15-16-24-76(72)79(77)71-46-37-62(38-47-71)64-22-17-19-56(5)51-64)66(21-14-12-10-7-2)52-73(65)63-39-48-70(49-40-63)78(68-42-33-60(34-43-68)58-29-25-55(4)26-30-58)69-44-35-61(36-45-69)59-31-27-57(18-8-3)28-32-59/h15-17,19,22-54H,6-14,18,20-21H2,1-5H3. The van der Waals surface area contributed by atoms with Crippen LogP contribution in [-0.4, -0.2) is 4.57 Å². The number of benzene rings is 10. The summed E-state index contributed by atoms with van der Waals surface area (Å²) in [5.74, 6) is 0. The van der Waals surface area contributed by atoms with E-state index in [0.29, 0.717) is 0 Å². The first kappa shape index (κ1) is 52.8. The van der Waals surface area contributed by atoms with E-state index in [2.05, 4.69) is 269 Å². The maximum absolute atomic E-state index is 2.59. The Morgan fingerprint density at radius 1 is 0.316 bits per heavy atom. The van der Waals surface area contributed by atoms with Crippen LogP contribution in [0, 0.1) is 13.8 Å². The number of anilines is 3. The van der Waals surface area contributed by atoms with E-state index in [-0.39, 0.29) is 0 Å². The van der Waals surface area contributed by atoms with Gasteiger partial charge < -0.3 is 9.47 Å². The molecule has 79 heavy (non-hydrogen) atoms. The largest absolute Gasteiger partial charge is 0.311 e. The molecule has 11 rings (SSSR count). The molecule has 0 saturated carbocycles. The number of unbranched alkanes of at least 4 members (excludes halogenated alkanes) is 6. The van der Waals surface area contributed by atoms with Gasteiger partial charge in [0.2, 0.25) is 0 Å². The molecule has 0 bridgehead atoms. The zero-order valence-electron chi connectivity index (χ0n) is 47.2. The lowest BCUT2D eigenvalue weighted by molar-refractivity contribution is 0.664. The Morgan fingerprint density at radius 2 is 0.797 bits per heavy atom. The van der Waals surface area contributed by atoms with Gasteiger partial charge in [0.15, 0.2) is 0 Å². The van der Waals surface area contributed by atoms with Gasteiger partial charge in [-0.2, -0.15) is 0 Å². The minimum atomic E-state index is 1.05. The lowest BCUT2D eigenvalue weighted by Gasteiger charge is -2.26. The normalized spacial score (nSPS) is 11.5. The van der Waals surface area contributed by atoms with Crippen LogP contribution in [0.3, 0.4) is 0 Å². The molecule has 1 aromatic heterocycles. The highest BCUT2D eigenvalue weighted by Gasteiger charge is 2.19. The molecule has 0 amide bonds. The van der Waals surface area contributed by atoms with E-state index in [4.69, 9.17) is 0 Å². The van der Waals surface area contributed by atoms with Gasteiger partial charge in [-0.05, 0) is 185 Å². The van der Waals surface area contributed by atoms with E-state index in [1.165, 1.54) is 162 Å². The van der Waals surface area contributed by atoms with E-state index < -0.39 is 0 Å². The van der Waals surface area contributed by atoms with Crippen LogP contribution in [0.1, 0.15) is 106 Å². The molecule has 0 N–H and O–H groups in total. The number of rotatable bonds is 21. The van der Waals surface area contributed by atoms with Gasteiger partial charge in [0.25, 0.3) is 0 Å². The van der Waals surface area contributed by atoms with Crippen molar-refractivity contribution in [1.29, 1.82) is 0 Å². The second-order valence-electron chi connectivity index (χ2n) is 22.1.